The fourth-order valence-electron chi connectivity index (χ4n) is 1.35. The van der Waals surface area contributed by atoms with Crippen molar-refractivity contribution in [3.05, 3.63) is 23.8 Å². The Morgan fingerprint density at radius 3 is 2.69 bits per heavy atom. The molecule has 2 rings (SSSR count). The van der Waals surface area contributed by atoms with E-state index in [9.17, 15) is 0 Å². The summed E-state index contributed by atoms with van der Waals surface area (Å²) in [5, 5.41) is 0. The molecule has 0 aromatic heterocycles. The summed E-state index contributed by atoms with van der Waals surface area (Å²) in [7, 11) is 0. The lowest BCUT2D eigenvalue weighted by Crippen LogP contribution is -2.42. The van der Waals surface area contributed by atoms with Gasteiger partial charge in [-0.1, -0.05) is 6.07 Å². The van der Waals surface area contributed by atoms with Crippen LogP contribution in [0.5, 0.6) is 11.5 Å². The summed E-state index contributed by atoms with van der Waals surface area (Å²) in [6.07, 6.45) is 0. The van der Waals surface area contributed by atoms with Crippen molar-refractivity contribution in [2.45, 2.75) is 19.6 Å². The molecule has 13 heavy (non-hydrogen) atoms. The van der Waals surface area contributed by atoms with Crippen molar-refractivity contribution in [2.75, 3.05) is 6.54 Å². The van der Waals surface area contributed by atoms with Gasteiger partial charge < -0.3 is 15.2 Å². The van der Waals surface area contributed by atoms with Crippen molar-refractivity contribution < 1.29 is 9.47 Å². The molecule has 1 aromatic rings. The zero-order chi connectivity index (χ0) is 9.47. The highest BCUT2D eigenvalue weighted by Gasteiger charge is 2.35. The molecular weight excluding hydrogens is 166 g/mol. The van der Waals surface area contributed by atoms with Gasteiger partial charge in [-0.25, -0.2) is 0 Å². The normalized spacial score (nSPS) is 24.8. The van der Waals surface area contributed by atoms with Gasteiger partial charge in [0.25, 0.3) is 5.79 Å². The quantitative estimate of drug-likeness (QED) is 0.709. The topological polar surface area (TPSA) is 44.5 Å². The van der Waals surface area contributed by atoms with E-state index >= 15 is 0 Å². The second-order valence-corrected chi connectivity index (χ2v) is 3.49. The van der Waals surface area contributed by atoms with E-state index in [4.69, 9.17) is 15.2 Å². The predicted molar refractivity (Wildman–Crippen MR) is 49.9 cm³/mol. The van der Waals surface area contributed by atoms with Gasteiger partial charge >= 0.3 is 0 Å². The molecule has 0 spiro atoms. The van der Waals surface area contributed by atoms with Gasteiger partial charge in [0.2, 0.25) is 0 Å². The standard InChI is InChI=1S/C10H13NO2/c1-7-3-4-8-9(5-7)13-10(2,6-11)12-8/h3-5H,6,11H2,1-2H3. The molecule has 2 N–H and O–H groups in total. The van der Waals surface area contributed by atoms with Crippen LogP contribution in [0.25, 0.3) is 0 Å². The van der Waals surface area contributed by atoms with Gasteiger partial charge in [0, 0.05) is 6.92 Å². The minimum Gasteiger partial charge on any atom is -0.447 e. The molecule has 1 atom stereocenters. The summed E-state index contributed by atoms with van der Waals surface area (Å²) < 4.78 is 11.1. The fourth-order valence-corrected chi connectivity index (χ4v) is 1.35. The van der Waals surface area contributed by atoms with Gasteiger partial charge in [-0.15, -0.1) is 0 Å². The Kier molecular flexibility index (Phi) is 1.70. The molecule has 70 valence electrons. The van der Waals surface area contributed by atoms with E-state index in [1.807, 2.05) is 32.0 Å². The van der Waals surface area contributed by atoms with Crippen LogP contribution in [-0.2, 0) is 0 Å². The van der Waals surface area contributed by atoms with Gasteiger partial charge in [-0.05, 0) is 24.6 Å². The third-order valence-corrected chi connectivity index (χ3v) is 2.12. The Morgan fingerprint density at radius 1 is 1.31 bits per heavy atom. The third-order valence-electron chi connectivity index (χ3n) is 2.12. The van der Waals surface area contributed by atoms with E-state index in [-0.39, 0.29) is 0 Å². The average Bonchev–Trinajstić information content (AvgIpc) is 2.42. The Balaban J connectivity index is 2.35. The summed E-state index contributed by atoms with van der Waals surface area (Å²) in [6, 6.07) is 5.85. The number of ether oxygens (including phenoxy) is 2. The number of fused-ring (bicyclic) bond motifs is 1. The van der Waals surface area contributed by atoms with E-state index in [0.29, 0.717) is 6.54 Å². The minimum absolute atomic E-state index is 0.348. The Labute approximate surface area is 77.5 Å². The van der Waals surface area contributed by atoms with Crippen LogP contribution in [0, 0.1) is 6.92 Å². The maximum absolute atomic E-state index is 5.58. The lowest BCUT2D eigenvalue weighted by Gasteiger charge is -2.20. The molecular formula is C10H13NO2. The summed E-state index contributed by atoms with van der Waals surface area (Å²) in [6.45, 7) is 4.20. The molecule has 1 aliphatic rings. The first-order valence-electron chi connectivity index (χ1n) is 4.32. The van der Waals surface area contributed by atoms with Gasteiger partial charge in [0.15, 0.2) is 11.5 Å². The minimum atomic E-state index is -0.684. The smallest absolute Gasteiger partial charge is 0.260 e. The summed E-state index contributed by atoms with van der Waals surface area (Å²) in [5.41, 5.74) is 6.69. The number of nitrogens with two attached hydrogens (primary N) is 1. The maximum Gasteiger partial charge on any atom is 0.260 e. The molecule has 0 saturated heterocycles. The lowest BCUT2D eigenvalue weighted by molar-refractivity contribution is -0.0521. The molecule has 0 amide bonds. The Hall–Kier alpha value is -1.22. The zero-order valence-corrected chi connectivity index (χ0v) is 7.83. The summed E-state index contributed by atoms with van der Waals surface area (Å²) in [4.78, 5) is 0. The third kappa shape index (κ3) is 1.35. The maximum atomic E-state index is 5.58. The Morgan fingerprint density at radius 2 is 2.00 bits per heavy atom. The second kappa shape index (κ2) is 2.64. The molecule has 3 heteroatoms. The first-order valence-corrected chi connectivity index (χ1v) is 4.32. The van der Waals surface area contributed by atoms with Crippen molar-refractivity contribution >= 4 is 0 Å². The summed E-state index contributed by atoms with van der Waals surface area (Å²) >= 11 is 0. The molecule has 0 saturated carbocycles. The van der Waals surface area contributed by atoms with Crippen LogP contribution in [0.2, 0.25) is 0 Å². The van der Waals surface area contributed by atoms with Crippen LogP contribution in [-0.4, -0.2) is 12.3 Å². The highest BCUT2D eigenvalue weighted by Crippen LogP contribution is 2.39. The van der Waals surface area contributed by atoms with Crippen LogP contribution in [0.4, 0.5) is 0 Å². The van der Waals surface area contributed by atoms with Crippen LogP contribution >= 0.6 is 0 Å². The molecule has 1 heterocycles. The lowest BCUT2D eigenvalue weighted by atomic mass is 10.2. The van der Waals surface area contributed by atoms with E-state index in [2.05, 4.69) is 0 Å². The van der Waals surface area contributed by atoms with Crippen LogP contribution in [0.3, 0.4) is 0 Å². The number of rotatable bonds is 1. The highest BCUT2D eigenvalue weighted by atomic mass is 16.7. The summed E-state index contributed by atoms with van der Waals surface area (Å²) in [5.74, 6) is 0.877. The first kappa shape index (κ1) is 8.38. The van der Waals surface area contributed by atoms with Crippen LogP contribution in [0.1, 0.15) is 12.5 Å². The first-order chi connectivity index (χ1) is 6.13. The number of benzene rings is 1. The zero-order valence-electron chi connectivity index (χ0n) is 7.83. The molecule has 1 unspecified atom stereocenters. The van der Waals surface area contributed by atoms with Gasteiger partial charge in [0.05, 0.1) is 6.54 Å². The van der Waals surface area contributed by atoms with Gasteiger partial charge in [-0.2, -0.15) is 0 Å². The average molecular weight is 179 g/mol. The van der Waals surface area contributed by atoms with Gasteiger partial charge in [0.1, 0.15) is 0 Å². The predicted octanol–water partition coefficient (Wildman–Crippen LogP) is 1.44. The number of hydrogen-bond acceptors (Lipinski definition) is 3. The van der Waals surface area contributed by atoms with Crippen molar-refractivity contribution in [2.24, 2.45) is 5.73 Å². The molecule has 0 bridgehead atoms. The van der Waals surface area contributed by atoms with E-state index in [1.54, 1.807) is 0 Å². The van der Waals surface area contributed by atoms with E-state index < -0.39 is 5.79 Å². The van der Waals surface area contributed by atoms with Crippen LogP contribution < -0.4 is 15.2 Å². The SMILES string of the molecule is Cc1ccc2c(c1)OC(C)(CN)O2. The molecule has 1 aliphatic heterocycles. The molecule has 3 nitrogen and oxygen atoms in total. The van der Waals surface area contributed by atoms with E-state index in [1.165, 1.54) is 0 Å². The molecule has 0 radical (unpaired) electrons. The van der Waals surface area contributed by atoms with Crippen molar-refractivity contribution in [1.29, 1.82) is 0 Å². The van der Waals surface area contributed by atoms with Crippen molar-refractivity contribution in [1.82, 2.24) is 0 Å². The van der Waals surface area contributed by atoms with Gasteiger partial charge in [-0.3, -0.25) is 0 Å². The number of hydrogen-bond donors (Lipinski definition) is 1. The van der Waals surface area contributed by atoms with Crippen molar-refractivity contribution in [3.8, 4) is 11.5 Å². The monoisotopic (exact) mass is 179 g/mol. The highest BCUT2D eigenvalue weighted by molar-refractivity contribution is 5.45. The largest absolute Gasteiger partial charge is 0.447 e. The van der Waals surface area contributed by atoms with Crippen LogP contribution in [0.15, 0.2) is 18.2 Å². The second-order valence-electron chi connectivity index (χ2n) is 3.49. The number of aryl methyl sites for hydroxylation is 1. The fraction of sp³-hybridized carbons (Fsp3) is 0.400. The molecule has 0 fully saturated rings. The molecule has 1 aromatic carbocycles. The van der Waals surface area contributed by atoms with Crippen molar-refractivity contribution in [3.63, 3.8) is 0 Å². The molecule has 0 aliphatic carbocycles. The Bertz CT molecular complexity index is 338. The van der Waals surface area contributed by atoms with E-state index in [0.717, 1.165) is 17.1 Å².